The first-order valence-electron chi connectivity index (χ1n) is 8.01. The van der Waals surface area contributed by atoms with Crippen LogP contribution in [0.4, 0.5) is 4.39 Å². The summed E-state index contributed by atoms with van der Waals surface area (Å²) in [5, 5.41) is 0. The SMILES string of the molecule is Cl.NC1=NC(c2ccccc2)N(CCCOc2ccc(F)cc2)C(N)=N1. The Morgan fingerprint density at radius 2 is 1.73 bits per heavy atom. The molecule has 0 saturated carbocycles. The largest absolute Gasteiger partial charge is 0.494 e. The van der Waals surface area contributed by atoms with E-state index in [0.29, 0.717) is 31.3 Å². The van der Waals surface area contributed by atoms with Gasteiger partial charge in [-0.2, -0.15) is 4.99 Å². The molecule has 26 heavy (non-hydrogen) atoms. The van der Waals surface area contributed by atoms with Gasteiger partial charge in [-0.1, -0.05) is 30.3 Å². The summed E-state index contributed by atoms with van der Waals surface area (Å²) >= 11 is 0. The standard InChI is InChI=1S/C18H20FN5O.ClH/c19-14-7-9-15(10-8-14)25-12-4-11-24-16(13-5-2-1-3-6-13)22-17(20)23-18(24)21;/h1-3,5-10,16H,4,11-12H2,(H4,20,21,22,23);1H. The number of guanidine groups is 2. The third-order valence-electron chi connectivity index (χ3n) is 3.80. The first-order chi connectivity index (χ1) is 12.1. The van der Waals surface area contributed by atoms with Gasteiger partial charge >= 0.3 is 0 Å². The van der Waals surface area contributed by atoms with Gasteiger partial charge in [0.25, 0.3) is 0 Å². The Hall–Kier alpha value is -2.80. The summed E-state index contributed by atoms with van der Waals surface area (Å²) in [5.41, 5.74) is 12.8. The lowest BCUT2D eigenvalue weighted by atomic mass is 10.1. The van der Waals surface area contributed by atoms with E-state index in [1.165, 1.54) is 12.1 Å². The summed E-state index contributed by atoms with van der Waals surface area (Å²) in [6.07, 6.45) is 0.399. The quantitative estimate of drug-likeness (QED) is 0.757. The zero-order chi connectivity index (χ0) is 17.6. The molecule has 0 bridgehead atoms. The third kappa shape index (κ3) is 4.86. The fourth-order valence-corrected chi connectivity index (χ4v) is 2.60. The maximum atomic E-state index is 12.9. The Balaban J connectivity index is 0.00000243. The van der Waals surface area contributed by atoms with Crippen LogP contribution in [0.15, 0.2) is 64.6 Å². The number of hydrogen-bond acceptors (Lipinski definition) is 6. The van der Waals surface area contributed by atoms with Crippen LogP contribution < -0.4 is 16.2 Å². The molecule has 1 atom stereocenters. The Labute approximate surface area is 157 Å². The highest BCUT2D eigenvalue weighted by Gasteiger charge is 2.25. The molecule has 0 amide bonds. The van der Waals surface area contributed by atoms with Crippen molar-refractivity contribution >= 4 is 24.3 Å². The van der Waals surface area contributed by atoms with Crippen molar-refractivity contribution in [1.82, 2.24) is 4.90 Å². The van der Waals surface area contributed by atoms with E-state index in [1.54, 1.807) is 12.1 Å². The highest BCUT2D eigenvalue weighted by atomic mass is 35.5. The Bertz CT molecular complexity index is 767. The summed E-state index contributed by atoms with van der Waals surface area (Å²) in [7, 11) is 0. The lowest BCUT2D eigenvalue weighted by Gasteiger charge is -2.32. The maximum absolute atomic E-state index is 12.9. The van der Waals surface area contributed by atoms with Crippen molar-refractivity contribution in [3.63, 3.8) is 0 Å². The molecule has 2 aromatic rings. The monoisotopic (exact) mass is 377 g/mol. The molecule has 0 fully saturated rings. The predicted octanol–water partition coefficient (Wildman–Crippen LogP) is 2.66. The molecule has 2 aromatic carbocycles. The zero-order valence-corrected chi connectivity index (χ0v) is 14.9. The van der Waals surface area contributed by atoms with Gasteiger partial charge in [0, 0.05) is 6.54 Å². The lowest BCUT2D eigenvalue weighted by Crippen LogP contribution is -2.44. The topological polar surface area (TPSA) is 89.2 Å². The Kier molecular flexibility index (Phi) is 6.80. The molecular formula is C18H21ClFN5O. The minimum absolute atomic E-state index is 0. The summed E-state index contributed by atoms with van der Waals surface area (Å²) in [5.74, 6) is 0.850. The van der Waals surface area contributed by atoms with Crippen molar-refractivity contribution in [2.24, 2.45) is 21.5 Å². The van der Waals surface area contributed by atoms with Crippen LogP contribution in [0.2, 0.25) is 0 Å². The zero-order valence-electron chi connectivity index (χ0n) is 14.1. The van der Waals surface area contributed by atoms with Gasteiger partial charge in [0.2, 0.25) is 11.9 Å². The van der Waals surface area contributed by atoms with Gasteiger partial charge in [-0.25, -0.2) is 9.38 Å². The number of rotatable bonds is 6. The fourth-order valence-electron chi connectivity index (χ4n) is 2.60. The van der Waals surface area contributed by atoms with Crippen LogP contribution in [-0.4, -0.2) is 30.0 Å². The van der Waals surface area contributed by atoms with E-state index in [2.05, 4.69) is 9.98 Å². The molecule has 8 heteroatoms. The van der Waals surface area contributed by atoms with E-state index in [1.807, 2.05) is 35.2 Å². The van der Waals surface area contributed by atoms with Gasteiger partial charge in [-0.05, 0) is 36.2 Å². The van der Waals surface area contributed by atoms with Crippen LogP contribution in [0.25, 0.3) is 0 Å². The molecule has 4 N–H and O–H groups in total. The van der Waals surface area contributed by atoms with Crippen molar-refractivity contribution in [2.75, 3.05) is 13.2 Å². The fraction of sp³-hybridized carbons (Fsp3) is 0.222. The Morgan fingerprint density at radius 1 is 1.04 bits per heavy atom. The van der Waals surface area contributed by atoms with Crippen molar-refractivity contribution in [2.45, 2.75) is 12.6 Å². The number of hydrogen-bond donors (Lipinski definition) is 2. The van der Waals surface area contributed by atoms with Crippen molar-refractivity contribution in [3.05, 3.63) is 66.0 Å². The van der Waals surface area contributed by atoms with Crippen LogP contribution in [0.1, 0.15) is 18.2 Å². The summed E-state index contributed by atoms with van der Waals surface area (Å²) < 4.78 is 18.5. The summed E-state index contributed by atoms with van der Waals surface area (Å²) in [6, 6.07) is 15.7. The molecule has 1 heterocycles. The van der Waals surface area contributed by atoms with E-state index in [0.717, 1.165) is 5.56 Å². The van der Waals surface area contributed by atoms with Gasteiger partial charge in [-0.15, -0.1) is 12.4 Å². The van der Waals surface area contributed by atoms with Crippen molar-refractivity contribution < 1.29 is 9.13 Å². The Morgan fingerprint density at radius 3 is 2.42 bits per heavy atom. The van der Waals surface area contributed by atoms with E-state index < -0.39 is 0 Å². The average Bonchev–Trinajstić information content (AvgIpc) is 2.62. The molecule has 0 aromatic heterocycles. The van der Waals surface area contributed by atoms with Crippen LogP contribution in [0, 0.1) is 5.82 Å². The second-order valence-corrected chi connectivity index (χ2v) is 5.59. The van der Waals surface area contributed by atoms with Crippen molar-refractivity contribution in [3.8, 4) is 5.75 Å². The van der Waals surface area contributed by atoms with Crippen LogP contribution in [-0.2, 0) is 0 Å². The first kappa shape index (κ1) is 19.5. The molecule has 6 nitrogen and oxygen atoms in total. The summed E-state index contributed by atoms with van der Waals surface area (Å²) in [6.45, 7) is 1.07. The molecule has 0 saturated heterocycles. The smallest absolute Gasteiger partial charge is 0.220 e. The summed E-state index contributed by atoms with van der Waals surface area (Å²) in [4.78, 5) is 10.3. The van der Waals surface area contributed by atoms with Crippen molar-refractivity contribution in [1.29, 1.82) is 0 Å². The van der Waals surface area contributed by atoms with Gasteiger partial charge in [-0.3, -0.25) is 0 Å². The van der Waals surface area contributed by atoms with E-state index in [9.17, 15) is 4.39 Å². The molecular weight excluding hydrogens is 357 g/mol. The number of aliphatic imine (C=N–C) groups is 2. The average molecular weight is 378 g/mol. The van der Waals surface area contributed by atoms with E-state index >= 15 is 0 Å². The minimum Gasteiger partial charge on any atom is -0.494 e. The normalized spacial score (nSPS) is 16.3. The van der Waals surface area contributed by atoms with Gasteiger partial charge in [0.1, 0.15) is 11.6 Å². The molecule has 138 valence electrons. The molecule has 3 rings (SSSR count). The number of halogens is 2. The van der Waals surface area contributed by atoms with Gasteiger partial charge in [0.05, 0.1) is 6.61 Å². The lowest BCUT2D eigenvalue weighted by molar-refractivity contribution is 0.258. The molecule has 1 unspecified atom stereocenters. The molecule has 0 radical (unpaired) electrons. The van der Waals surface area contributed by atoms with E-state index in [-0.39, 0.29) is 30.3 Å². The van der Waals surface area contributed by atoms with Gasteiger partial charge in [0.15, 0.2) is 6.17 Å². The number of nitrogens with two attached hydrogens (primary N) is 2. The minimum atomic E-state index is -0.301. The molecule has 1 aliphatic heterocycles. The first-order valence-corrected chi connectivity index (χ1v) is 8.01. The highest BCUT2D eigenvalue weighted by molar-refractivity contribution is 5.95. The molecule has 1 aliphatic rings. The number of nitrogens with zero attached hydrogens (tertiary/aromatic N) is 3. The third-order valence-corrected chi connectivity index (χ3v) is 3.80. The highest BCUT2D eigenvalue weighted by Crippen LogP contribution is 2.24. The molecule has 0 spiro atoms. The number of benzene rings is 2. The maximum Gasteiger partial charge on any atom is 0.220 e. The second kappa shape index (κ2) is 9.05. The number of ether oxygens (including phenoxy) is 1. The van der Waals surface area contributed by atoms with E-state index in [4.69, 9.17) is 16.2 Å². The van der Waals surface area contributed by atoms with Crippen LogP contribution >= 0.6 is 12.4 Å². The van der Waals surface area contributed by atoms with Crippen LogP contribution in [0.5, 0.6) is 5.75 Å². The second-order valence-electron chi connectivity index (χ2n) is 5.59. The van der Waals surface area contributed by atoms with Crippen LogP contribution in [0.3, 0.4) is 0 Å². The predicted molar refractivity (Wildman–Crippen MR) is 103 cm³/mol. The van der Waals surface area contributed by atoms with Gasteiger partial charge < -0.3 is 21.1 Å². The molecule has 0 aliphatic carbocycles.